The maximum absolute atomic E-state index is 13.1. The lowest BCUT2D eigenvalue weighted by atomic mass is 9.99. The number of likely N-dealkylation sites (tertiary alicyclic amines) is 1. The van der Waals surface area contributed by atoms with E-state index in [9.17, 15) is 4.79 Å². The first-order chi connectivity index (χ1) is 16.6. The second-order valence-electron chi connectivity index (χ2n) is 9.19. The van der Waals surface area contributed by atoms with E-state index < -0.39 is 5.79 Å². The second-order valence-corrected chi connectivity index (χ2v) is 9.59. The van der Waals surface area contributed by atoms with Crippen molar-refractivity contribution in [3.05, 3.63) is 82.5 Å². The summed E-state index contributed by atoms with van der Waals surface area (Å²) in [5.41, 5.74) is 2.28. The fourth-order valence-corrected chi connectivity index (χ4v) is 5.66. The van der Waals surface area contributed by atoms with Crippen LogP contribution < -0.4 is 0 Å². The van der Waals surface area contributed by atoms with Crippen molar-refractivity contribution in [2.45, 2.75) is 37.8 Å². The SMILES string of the molecule is O=C(c1ccc(CN2CCn3cccc3C2c2ccccc2Cl)o1)N1CCC2(CC1)OCCO2. The summed E-state index contributed by atoms with van der Waals surface area (Å²) in [6, 6.07) is 16.0. The van der Waals surface area contributed by atoms with Crippen LogP contribution in [0.2, 0.25) is 5.02 Å². The Bertz CT molecular complexity index is 1170. The first-order valence-corrected chi connectivity index (χ1v) is 12.3. The van der Waals surface area contributed by atoms with Crippen LogP contribution in [-0.4, -0.2) is 58.9 Å². The van der Waals surface area contributed by atoms with Gasteiger partial charge in [0.05, 0.1) is 25.8 Å². The van der Waals surface area contributed by atoms with Crippen molar-refractivity contribution in [1.29, 1.82) is 0 Å². The maximum atomic E-state index is 13.1. The molecule has 0 aliphatic carbocycles. The summed E-state index contributed by atoms with van der Waals surface area (Å²) in [5.74, 6) is 0.588. The van der Waals surface area contributed by atoms with Gasteiger partial charge >= 0.3 is 0 Å². The molecule has 0 bridgehead atoms. The monoisotopic (exact) mass is 481 g/mol. The molecule has 0 radical (unpaired) electrons. The van der Waals surface area contributed by atoms with Crippen molar-refractivity contribution in [3.63, 3.8) is 0 Å². The van der Waals surface area contributed by atoms with Crippen LogP contribution in [0.4, 0.5) is 0 Å². The van der Waals surface area contributed by atoms with E-state index in [1.165, 1.54) is 5.69 Å². The summed E-state index contributed by atoms with van der Waals surface area (Å²) >= 11 is 6.61. The molecule has 3 aliphatic rings. The zero-order chi connectivity index (χ0) is 23.1. The van der Waals surface area contributed by atoms with Gasteiger partial charge in [-0.2, -0.15) is 0 Å². The molecule has 5 heterocycles. The first-order valence-electron chi connectivity index (χ1n) is 11.9. The lowest BCUT2D eigenvalue weighted by Crippen LogP contribution is -2.47. The van der Waals surface area contributed by atoms with Crippen molar-refractivity contribution in [2.75, 3.05) is 32.8 Å². The number of furan rings is 1. The summed E-state index contributed by atoms with van der Waals surface area (Å²) in [4.78, 5) is 17.3. The molecule has 34 heavy (non-hydrogen) atoms. The number of amides is 1. The Morgan fingerprint density at radius 2 is 1.76 bits per heavy atom. The van der Waals surface area contributed by atoms with Gasteiger partial charge in [-0.25, -0.2) is 0 Å². The minimum atomic E-state index is -0.495. The molecule has 2 aromatic heterocycles. The minimum Gasteiger partial charge on any atom is -0.455 e. The molecule has 0 N–H and O–H groups in total. The number of ether oxygens (including phenoxy) is 2. The highest BCUT2D eigenvalue weighted by molar-refractivity contribution is 6.31. The lowest BCUT2D eigenvalue weighted by Gasteiger charge is -2.37. The third-order valence-corrected chi connectivity index (χ3v) is 7.54. The van der Waals surface area contributed by atoms with Crippen LogP contribution in [0.3, 0.4) is 0 Å². The third kappa shape index (κ3) is 3.96. The summed E-state index contributed by atoms with van der Waals surface area (Å²) in [6.45, 7) is 4.82. The van der Waals surface area contributed by atoms with Crippen molar-refractivity contribution < 1.29 is 18.7 Å². The van der Waals surface area contributed by atoms with Gasteiger partial charge in [-0.3, -0.25) is 9.69 Å². The highest BCUT2D eigenvalue weighted by atomic mass is 35.5. The first kappa shape index (κ1) is 21.9. The summed E-state index contributed by atoms with van der Waals surface area (Å²) in [6.07, 6.45) is 3.50. The van der Waals surface area contributed by atoms with E-state index in [4.69, 9.17) is 25.5 Å². The Morgan fingerprint density at radius 3 is 2.56 bits per heavy atom. The average molecular weight is 482 g/mol. The van der Waals surface area contributed by atoms with Crippen LogP contribution in [0.5, 0.6) is 0 Å². The Labute approximate surface area is 203 Å². The molecule has 3 aliphatic heterocycles. The van der Waals surface area contributed by atoms with E-state index in [1.54, 1.807) is 6.07 Å². The van der Waals surface area contributed by atoms with E-state index in [0.717, 1.165) is 29.4 Å². The summed E-state index contributed by atoms with van der Waals surface area (Å²) in [5, 5.41) is 0.751. The van der Waals surface area contributed by atoms with Crippen LogP contribution in [0.15, 0.2) is 59.1 Å². The van der Waals surface area contributed by atoms with Crippen molar-refractivity contribution >= 4 is 17.5 Å². The molecule has 1 aromatic carbocycles. The van der Waals surface area contributed by atoms with Gasteiger partial charge in [0.1, 0.15) is 5.76 Å². The number of fused-ring (bicyclic) bond motifs is 1. The molecule has 2 saturated heterocycles. The molecule has 3 aromatic rings. The molecule has 1 atom stereocenters. The highest BCUT2D eigenvalue weighted by Gasteiger charge is 2.41. The Balaban J connectivity index is 1.18. The number of hydrogen-bond acceptors (Lipinski definition) is 5. The van der Waals surface area contributed by atoms with Gasteiger partial charge in [0.25, 0.3) is 5.91 Å². The quantitative estimate of drug-likeness (QED) is 0.555. The van der Waals surface area contributed by atoms with Gasteiger partial charge in [-0.1, -0.05) is 29.8 Å². The molecular formula is C26H28ClN3O4. The number of hydrogen-bond donors (Lipinski definition) is 0. The fourth-order valence-electron chi connectivity index (χ4n) is 5.42. The standard InChI is InChI=1S/C26H28ClN3O4/c27-21-5-2-1-4-20(21)24-22-6-3-11-28(22)14-15-30(24)18-19-7-8-23(34-19)25(31)29-12-9-26(10-13-29)32-16-17-33-26/h1-8,11,24H,9-10,12-18H2. The average Bonchev–Trinajstić information content (AvgIpc) is 3.61. The van der Waals surface area contributed by atoms with Gasteiger partial charge in [0.2, 0.25) is 0 Å². The van der Waals surface area contributed by atoms with Crippen LogP contribution in [0.1, 0.15) is 46.5 Å². The van der Waals surface area contributed by atoms with Crippen LogP contribution in [0, 0.1) is 0 Å². The second kappa shape index (κ2) is 8.89. The minimum absolute atomic E-state index is 0.0198. The Hall–Kier alpha value is -2.58. The molecule has 2 fully saturated rings. The van der Waals surface area contributed by atoms with Crippen LogP contribution in [0.25, 0.3) is 0 Å². The van der Waals surface area contributed by atoms with E-state index in [2.05, 4.69) is 33.9 Å². The molecule has 1 unspecified atom stereocenters. The fraction of sp³-hybridized carbons (Fsp3) is 0.423. The van der Waals surface area contributed by atoms with Gasteiger partial charge in [0.15, 0.2) is 11.5 Å². The van der Waals surface area contributed by atoms with E-state index >= 15 is 0 Å². The normalized spacial score (nSPS) is 22.3. The molecule has 6 rings (SSSR count). The molecule has 1 spiro atoms. The Morgan fingerprint density at radius 1 is 0.971 bits per heavy atom. The molecule has 7 nitrogen and oxygen atoms in total. The number of piperidine rings is 1. The zero-order valence-electron chi connectivity index (χ0n) is 19.0. The number of carbonyl (C=O) groups is 1. The molecule has 0 saturated carbocycles. The number of benzene rings is 1. The molecule has 178 valence electrons. The topological polar surface area (TPSA) is 60.1 Å². The van der Waals surface area contributed by atoms with E-state index in [1.807, 2.05) is 29.2 Å². The van der Waals surface area contributed by atoms with Gasteiger partial charge in [0, 0.05) is 55.9 Å². The van der Waals surface area contributed by atoms with Gasteiger partial charge in [-0.15, -0.1) is 0 Å². The number of nitrogens with zero attached hydrogens (tertiary/aromatic N) is 3. The molecule has 1 amide bonds. The summed E-state index contributed by atoms with van der Waals surface area (Å²) < 4.78 is 19.9. The van der Waals surface area contributed by atoms with Crippen molar-refractivity contribution in [3.8, 4) is 0 Å². The highest BCUT2D eigenvalue weighted by Crippen LogP contribution is 2.37. The van der Waals surface area contributed by atoms with Crippen LogP contribution in [-0.2, 0) is 22.6 Å². The van der Waals surface area contributed by atoms with Crippen LogP contribution >= 0.6 is 11.6 Å². The number of carbonyl (C=O) groups excluding carboxylic acids is 1. The maximum Gasteiger partial charge on any atom is 0.289 e. The predicted octanol–water partition coefficient (Wildman–Crippen LogP) is 4.32. The van der Waals surface area contributed by atoms with E-state index in [-0.39, 0.29) is 11.9 Å². The van der Waals surface area contributed by atoms with Gasteiger partial charge in [-0.05, 0) is 35.9 Å². The molecular weight excluding hydrogens is 454 g/mol. The molecule has 8 heteroatoms. The van der Waals surface area contributed by atoms with E-state index in [0.29, 0.717) is 51.4 Å². The summed E-state index contributed by atoms with van der Waals surface area (Å²) in [7, 11) is 0. The number of rotatable bonds is 4. The van der Waals surface area contributed by atoms with Crippen molar-refractivity contribution in [2.24, 2.45) is 0 Å². The Kier molecular flexibility index (Phi) is 5.73. The zero-order valence-corrected chi connectivity index (χ0v) is 19.7. The largest absolute Gasteiger partial charge is 0.455 e. The number of halogens is 1. The van der Waals surface area contributed by atoms with Gasteiger partial charge < -0.3 is 23.4 Å². The number of aromatic nitrogens is 1. The third-order valence-electron chi connectivity index (χ3n) is 7.20. The van der Waals surface area contributed by atoms with Crippen molar-refractivity contribution in [1.82, 2.24) is 14.4 Å². The smallest absolute Gasteiger partial charge is 0.289 e. The lowest BCUT2D eigenvalue weighted by molar-refractivity contribution is -0.181. The predicted molar refractivity (Wildman–Crippen MR) is 127 cm³/mol.